The highest BCUT2D eigenvalue weighted by molar-refractivity contribution is 6.12. The van der Waals surface area contributed by atoms with E-state index >= 15 is 0 Å². The largest absolute Gasteiger partial charge is 0.478 e. The Labute approximate surface area is 114 Å². The monoisotopic (exact) mass is 279 g/mol. The first-order valence-electron chi connectivity index (χ1n) is 5.61. The number of aliphatic carboxylic acids is 1. The van der Waals surface area contributed by atoms with Gasteiger partial charge in [-0.1, -0.05) is 30.3 Å². The minimum atomic E-state index is -2.60. The lowest BCUT2D eigenvalue weighted by Crippen LogP contribution is -2.54. The molecule has 0 heterocycles. The number of amides is 2. The molecule has 106 valence electrons. The summed E-state index contributed by atoms with van der Waals surface area (Å²) in [6.45, 7) is 2.02. The zero-order valence-corrected chi connectivity index (χ0v) is 10.9. The van der Waals surface area contributed by atoms with Crippen LogP contribution in [0.2, 0.25) is 0 Å². The van der Waals surface area contributed by atoms with E-state index in [4.69, 9.17) is 4.74 Å². The van der Waals surface area contributed by atoms with Crippen molar-refractivity contribution in [1.29, 1.82) is 0 Å². The number of hydrogen-bond donors (Lipinski definition) is 2. The van der Waals surface area contributed by atoms with Gasteiger partial charge in [-0.2, -0.15) is 0 Å². The second-order valence-electron chi connectivity index (χ2n) is 3.96. The molecule has 20 heavy (non-hydrogen) atoms. The Bertz CT molecular complexity index is 553. The van der Waals surface area contributed by atoms with Crippen LogP contribution in [0.15, 0.2) is 30.3 Å². The molecule has 0 saturated carbocycles. The first-order valence-corrected chi connectivity index (χ1v) is 5.61. The summed E-state index contributed by atoms with van der Waals surface area (Å²) in [6, 6.07) is 7.20. The maximum Gasteiger partial charge on any atom is 0.363 e. The lowest BCUT2D eigenvalue weighted by molar-refractivity contribution is -0.184. The lowest BCUT2D eigenvalue weighted by atomic mass is 9.92. The lowest BCUT2D eigenvalue weighted by Gasteiger charge is -2.27. The Morgan fingerprint density at radius 3 is 2.05 bits per heavy atom. The van der Waals surface area contributed by atoms with Crippen molar-refractivity contribution in [3.05, 3.63) is 35.9 Å². The van der Waals surface area contributed by atoms with Crippen molar-refractivity contribution in [2.45, 2.75) is 19.4 Å². The maximum atomic E-state index is 12.1. The summed E-state index contributed by atoms with van der Waals surface area (Å²) < 4.78 is 4.75. The van der Waals surface area contributed by atoms with Gasteiger partial charge in [-0.05, 0) is 0 Å². The fourth-order valence-electron chi connectivity index (χ4n) is 1.64. The quantitative estimate of drug-likeness (QED) is 0.601. The summed E-state index contributed by atoms with van der Waals surface area (Å²) in [5.74, 6) is -4.66. The average Bonchev–Trinajstić information content (AvgIpc) is 2.35. The molecule has 2 amide bonds. The Morgan fingerprint density at radius 2 is 1.65 bits per heavy atom. The molecule has 0 radical (unpaired) electrons. The van der Waals surface area contributed by atoms with Gasteiger partial charge in [0.05, 0.1) is 0 Å². The van der Waals surface area contributed by atoms with Gasteiger partial charge in [-0.3, -0.25) is 19.7 Å². The predicted octanol–water partition coefficient (Wildman–Crippen LogP) is 0.192. The molecule has 1 atom stereocenters. The number of carbonyl (C=O) groups excluding carboxylic acids is 3. The molecule has 1 rings (SSSR count). The van der Waals surface area contributed by atoms with Crippen molar-refractivity contribution in [2.75, 3.05) is 0 Å². The molecule has 1 aromatic rings. The molecular weight excluding hydrogens is 266 g/mol. The van der Waals surface area contributed by atoms with Crippen LogP contribution in [0.25, 0.3) is 0 Å². The molecule has 0 aromatic heterocycles. The minimum Gasteiger partial charge on any atom is -0.478 e. The van der Waals surface area contributed by atoms with Gasteiger partial charge in [-0.15, -0.1) is 0 Å². The zero-order chi connectivity index (χ0) is 15.3. The Kier molecular flexibility index (Phi) is 4.58. The topological polar surface area (TPSA) is 110 Å². The number of hydrogen-bond acceptors (Lipinski definition) is 5. The van der Waals surface area contributed by atoms with E-state index in [2.05, 4.69) is 0 Å². The molecular formula is C13H13NO6. The van der Waals surface area contributed by atoms with Crippen molar-refractivity contribution in [1.82, 2.24) is 5.32 Å². The molecule has 0 aliphatic carbocycles. The van der Waals surface area contributed by atoms with Crippen LogP contribution in [0.5, 0.6) is 0 Å². The second-order valence-corrected chi connectivity index (χ2v) is 3.96. The molecule has 0 aliphatic rings. The third kappa shape index (κ3) is 3.00. The number of rotatable bonds is 4. The van der Waals surface area contributed by atoms with Crippen LogP contribution in [-0.2, 0) is 29.5 Å². The number of carboxylic acid groups (broad SMARTS) is 1. The van der Waals surface area contributed by atoms with Gasteiger partial charge in [0.25, 0.3) is 5.91 Å². The van der Waals surface area contributed by atoms with Gasteiger partial charge in [-0.25, -0.2) is 4.79 Å². The van der Waals surface area contributed by atoms with Crippen LogP contribution >= 0.6 is 0 Å². The van der Waals surface area contributed by atoms with Gasteiger partial charge in [0.2, 0.25) is 5.91 Å². The molecule has 0 fully saturated rings. The number of benzene rings is 1. The highest BCUT2D eigenvalue weighted by Gasteiger charge is 2.52. The summed E-state index contributed by atoms with van der Waals surface area (Å²) in [4.78, 5) is 45.7. The van der Waals surface area contributed by atoms with E-state index < -0.39 is 29.4 Å². The molecule has 7 heteroatoms. The molecule has 1 unspecified atom stereocenters. The highest BCUT2D eigenvalue weighted by atomic mass is 16.6. The summed E-state index contributed by atoms with van der Waals surface area (Å²) in [5.41, 5.74) is -2.67. The van der Waals surface area contributed by atoms with Crippen LogP contribution in [0, 0.1) is 0 Å². The Morgan fingerprint density at radius 1 is 1.10 bits per heavy atom. The van der Waals surface area contributed by atoms with Gasteiger partial charge in [0, 0.05) is 19.4 Å². The van der Waals surface area contributed by atoms with Crippen LogP contribution < -0.4 is 5.32 Å². The SMILES string of the molecule is CC(=O)NC(=O)C(OC(C)=O)(C(=O)O)c1ccccc1. The summed E-state index contributed by atoms with van der Waals surface area (Å²) >= 11 is 0. The van der Waals surface area contributed by atoms with Crippen LogP contribution in [0.1, 0.15) is 19.4 Å². The number of carboxylic acids is 1. The van der Waals surface area contributed by atoms with E-state index in [9.17, 15) is 24.3 Å². The van der Waals surface area contributed by atoms with E-state index in [-0.39, 0.29) is 5.56 Å². The summed E-state index contributed by atoms with van der Waals surface area (Å²) in [7, 11) is 0. The van der Waals surface area contributed by atoms with Gasteiger partial charge >= 0.3 is 17.5 Å². The second kappa shape index (κ2) is 5.96. The molecule has 0 saturated heterocycles. The van der Waals surface area contributed by atoms with Gasteiger partial charge in [0.15, 0.2) is 0 Å². The smallest absolute Gasteiger partial charge is 0.363 e. The van der Waals surface area contributed by atoms with Crippen molar-refractivity contribution >= 4 is 23.8 Å². The van der Waals surface area contributed by atoms with Crippen molar-refractivity contribution in [2.24, 2.45) is 0 Å². The van der Waals surface area contributed by atoms with E-state index in [0.717, 1.165) is 13.8 Å². The molecule has 0 bridgehead atoms. The third-order valence-electron chi connectivity index (χ3n) is 2.39. The molecule has 1 aromatic carbocycles. The van der Waals surface area contributed by atoms with E-state index in [1.54, 1.807) is 6.07 Å². The van der Waals surface area contributed by atoms with Crippen molar-refractivity contribution in [3.63, 3.8) is 0 Å². The zero-order valence-electron chi connectivity index (χ0n) is 10.9. The molecule has 0 aliphatic heterocycles. The molecule has 2 N–H and O–H groups in total. The van der Waals surface area contributed by atoms with Crippen molar-refractivity contribution in [3.8, 4) is 0 Å². The summed E-state index contributed by atoms with van der Waals surface area (Å²) in [6.07, 6.45) is 0. The minimum absolute atomic E-state index is 0.0681. The number of carbonyl (C=O) groups is 4. The molecule has 7 nitrogen and oxygen atoms in total. The van der Waals surface area contributed by atoms with Crippen molar-refractivity contribution < 1.29 is 29.0 Å². The number of nitrogens with one attached hydrogen (secondary N) is 1. The summed E-state index contributed by atoms with van der Waals surface area (Å²) in [5, 5.41) is 11.2. The Hall–Kier alpha value is -2.70. The average molecular weight is 279 g/mol. The molecule has 0 spiro atoms. The third-order valence-corrected chi connectivity index (χ3v) is 2.39. The number of ether oxygens (including phenoxy) is 1. The van der Waals surface area contributed by atoms with E-state index in [0.29, 0.717) is 0 Å². The standard InChI is InChI=1S/C13H13NO6/c1-8(15)14-11(17)13(12(18)19,20-9(2)16)10-6-4-3-5-7-10/h3-7H,1-2H3,(H,18,19)(H,14,15,17). The highest BCUT2D eigenvalue weighted by Crippen LogP contribution is 2.27. The maximum absolute atomic E-state index is 12.1. The first kappa shape index (κ1) is 15.4. The van der Waals surface area contributed by atoms with E-state index in [1.807, 2.05) is 5.32 Å². The van der Waals surface area contributed by atoms with Gasteiger partial charge in [0.1, 0.15) is 0 Å². The number of esters is 1. The fraction of sp³-hybridized carbons (Fsp3) is 0.231. The normalized spacial score (nSPS) is 12.9. The van der Waals surface area contributed by atoms with Crippen LogP contribution in [0.4, 0.5) is 0 Å². The van der Waals surface area contributed by atoms with Gasteiger partial charge < -0.3 is 9.84 Å². The first-order chi connectivity index (χ1) is 9.30. The number of imide groups is 1. The van der Waals surface area contributed by atoms with Crippen LogP contribution in [-0.4, -0.2) is 28.9 Å². The predicted molar refractivity (Wildman–Crippen MR) is 66.3 cm³/mol. The fourth-order valence-corrected chi connectivity index (χ4v) is 1.64. The Balaban J connectivity index is 3.43. The van der Waals surface area contributed by atoms with E-state index in [1.165, 1.54) is 24.3 Å². The van der Waals surface area contributed by atoms with Crippen LogP contribution in [0.3, 0.4) is 0 Å².